The van der Waals surface area contributed by atoms with Crippen LogP contribution in [0.15, 0.2) is 60.7 Å². The molecule has 3 amide bonds. The highest BCUT2D eigenvalue weighted by Crippen LogP contribution is 2.17. The van der Waals surface area contributed by atoms with Crippen molar-refractivity contribution in [1.29, 1.82) is 0 Å². The highest BCUT2D eigenvalue weighted by Gasteiger charge is 2.24. The van der Waals surface area contributed by atoms with Crippen molar-refractivity contribution in [2.24, 2.45) is 0 Å². The van der Waals surface area contributed by atoms with Crippen LogP contribution in [0.25, 0.3) is 6.08 Å². The predicted molar refractivity (Wildman–Crippen MR) is 176 cm³/mol. The lowest BCUT2D eigenvalue weighted by Crippen LogP contribution is -2.51. The van der Waals surface area contributed by atoms with Crippen LogP contribution in [0.3, 0.4) is 0 Å². The van der Waals surface area contributed by atoms with E-state index in [0.717, 1.165) is 24.9 Å². The molecule has 0 fully saturated rings. The SMILES string of the molecule is CCCCCCCCCCCCNC(=O)CCCOc1ccc(NC(NC(=O)C=Cc2ccccc2)C(=O)N(O)CC)cc1. The second-order valence-electron chi connectivity index (χ2n) is 10.9. The molecule has 4 N–H and O–H groups in total. The number of unbranched alkanes of at least 4 members (excludes halogenated alkanes) is 9. The molecule has 0 aliphatic rings. The number of hydrogen-bond donors (Lipinski definition) is 4. The summed E-state index contributed by atoms with van der Waals surface area (Å²) in [6.07, 6.45) is 15.5. The molecule has 0 aliphatic carbocycles. The molecule has 2 aromatic carbocycles. The van der Waals surface area contributed by atoms with Gasteiger partial charge >= 0.3 is 0 Å². The first kappa shape index (κ1) is 36.3. The van der Waals surface area contributed by atoms with Crippen molar-refractivity contribution in [2.75, 3.05) is 25.0 Å². The maximum absolute atomic E-state index is 12.7. The first-order chi connectivity index (χ1) is 21.4. The van der Waals surface area contributed by atoms with Gasteiger partial charge in [0, 0.05) is 31.3 Å². The van der Waals surface area contributed by atoms with Gasteiger partial charge in [-0.2, -0.15) is 0 Å². The zero-order valence-electron chi connectivity index (χ0n) is 26.6. The quantitative estimate of drug-likeness (QED) is 0.0367. The molecule has 9 heteroatoms. The van der Waals surface area contributed by atoms with Crippen molar-refractivity contribution >= 4 is 29.5 Å². The molecule has 0 aromatic heterocycles. The number of carbonyl (C=O) groups is 3. The summed E-state index contributed by atoms with van der Waals surface area (Å²) in [4.78, 5) is 37.3. The Bertz CT molecular complexity index is 1110. The molecule has 0 spiro atoms. The Morgan fingerprint density at radius 2 is 1.48 bits per heavy atom. The highest BCUT2D eigenvalue weighted by atomic mass is 16.5. The van der Waals surface area contributed by atoms with Gasteiger partial charge in [-0.3, -0.25) is 19.6 Å². The Morgan fingerprint density at radius 3 is 2.11 bits per heavy atom. The number of hydrogen-bond acceptors (Lipinski definition) is 6. The zero-order valence-corrected chi connectivity index (χ0v) is 26.6. The Kier molecular flexibility index (Phi) is 18.7. The van der Waals surface area contributed by atoms with E-state index in [0.29, 0.717) is 35.9 Å². The second kappa shape index (κ2) is 22.7. The Morgan fingerprint density at radius 1 is 0.841 bits per heavy atom. The summed E-state index contributed by atoms with van der Waals surface area (Å²) in [6, 6.07) is 16.2. The van der Waals surface area contributed by atoms with Gasteiger partial charge in [0.2, 0.25) is 11.8 Å². The summed E-state index contributed by atoms with van der Waals surface area (Å²) >= 11 is 0. The molecule has 0 saturated heterocycles. The van der Waals surface area contributed by atoms with Crippen LogP contribution < -0.4 is 20.7 Å². The van der Waals surface area contributed by atoms with Gasteiger partial charge in [0.05, 0.1) is 6.61 Å². The number of likely N-dealkylation sites (N-methyl/N-ethyl adjacent to an activating group) is 1. The average Bonchev–Trinajstić information content (AvgIpc) is 3.04. The van der Waals surface area contributed by atoms with Crippen molar-refractivity contribution in [3.8, 4) is 5.75 Å². The molecule has 2 rings (SSSR count). The van der Waals surface area contributed by atoms with Gasteiger partial charge in [-0.05, 0) is 55.7 Å². The lowest BCUT2D eigenvalue weighted by Gasteiger charge is -2.23. The van der Waals surface area contributed by atoms with Gasteiger partial charge in [-0.25, -0.2) is 5.06 Å². The molecule has 242 valence electrons. The number of anilines is 1. The Hall–Kier alpha value is -3.85. The van der Waals surface area contributed by atoms with Crippen molar-refractivity contribution in [3.05, 3.63) is 66.2 Å². The highest BCUT2D eigenvalue weighted by molar-refractivity contribution is 5.96. The van der Waals surface area contributed by atoms with Crippen LogP contribution in [0.5, 0.6) is 5.75 Å². The summed E-state index contributed by atoms with van der Waals surface area (Å²) in [5.74, 6) is -0.515. The lowest BCUT2D eigenvalue weighted by atomic mass is 10.1. The van der Waals surface area contributed by atoms with E-state index >= 15 is 0 Å². The van der Waals surface area contributed by atoms with Gasteiger partial charge in [0.25, 0.3) is 5.91 Å². The minimum absolute atomic E-state index is 0.0467. The average molecular weight is 609 g/mol. The number of nitrogens with zero attached hydrogens (tertiary/aromatic N) is 1. The van der Waals surface area contributed by atoms with Crippen molar-refractivity contribution in [1.82, 2.24) is 15.7 Å². The summed E-state index contributed by atoms with van der Waals surface area (Å²) in [5, 5.41) is 19.0. The predicted octanol–water partition coefficient (Wildman–Crippen LogP) is 6.69. The fraction of sp³-hybridized carbons (Fsp3) is 0.514. The van der Waals surface area contributed by atoms with Crippen molar-refractivity contribution in [3.63, 3.8) is 0 Å². The molecule has 0 bridgehead atoms. The summed E-state index contributed by atoms with van der Waals surface area (Å²) in [6.45, 7) is 5.06. The first-order valence-electron chi connectivity index (χ1n) is 16.2. The number of hydroxylamine groups is 2. The van der Waals surface area contributed by atoms with E-state index in [4.69, 9.17) is 4.74 Å². The Balaban J connectivity index is 1.66. The van der Waals surface area contributed by atoms with Crippen LogP contribution in [0.2, 0.25) is 0 Å². The summed E-state index contributed by atoms with van der Waals surface area (Å²) in [7, 11) is 0. The maximum Gasteiger partial charge on any atom is 0.289 e. The minimum Gasteiger partial charge on any atom is -0.494 e. The molecule has 9 nitrogen and oxygen atoms in total. The summed E-state index contributed by atoms with van der Waals surface area (Å²) in [5.41, 5.74) is 1.40. The third-order valence-electron chi connectivity index (χ3n) is 7.15. The molecule has 0 aliphatic heterocycles. The molecule has 1 unspecified atom stereocenters. The monoisotopic (exact) mass is 608 g/mol. The molecular weight excluding hydrogens is 556 g/mol. The number of rotatable bonds is 23. The molecule has 0 saturated carbocycles. The Labute approximate surface area is 263 Å². The van der Waals surface area contributed by atoms with E-state index in [2.05, 4.69) is 22.9 Å². The van der Waals surface area contributed by atoms with Gasteiger partial charge in [0.15, 0.2) is 6.17 Å². The molecule has 1 atom stereocenters. The van der Waals surface area contributed by atoms with Crippen LogP contribution >= 0.6 is 0 Å². The smallest absolute Gasteiger partial charge is 0.289 e. The lowest BCUT2D eigenvalue weighted by molar-refractivity contribution is -0.166. The fourth-order valence-corrected chi connectivity index (χ4v) is 4.56. The van der Waals surface area contributed by atoms with Crippen LogP contribution in [0.4, 0.5) is 5.69 Å². The van der Waals surface area contributed by atoms with Gasteiger partial charge in [-0.1, -0.05) is 95.0 Å². The minimum atomic E-state index is -1.18. The van der Waals surface area contributed by atoms with Crippen LogP contribution in [0.1, 0.15) is 96.5 Å². The second-order valence-corrected chi connectivity index (χ2v) is 10.9. The maximum atomic E-state index is 12.7. The largest absolute Gasteiger partial charge is 0.494 e. The van der Waals surface area contributed by atoms with E-state index in [1.165, 1.54) is 57.4 Å². The molecular formula is C35H52N4O5. The third kappa shape index (κ3) is 16.1. The molecule has 44 heavy (non-hydrogen) atoms. The van der Waals surface area contributed by atoms with Crippen molar-refractivity contribution in [2.45, 2.75) is 97.1 Å². The third-order valence-corrected chi connectivity index (χ3v) is 7.15. The summed E-state index contributed by atoms with van der Waals surface area (Å²) < 4.78 is 5.77. The van der Waals surface area contributed by atoms with Crippen LogP contribution in [-0.4, -0.2) is 53.9 Å². The molecule has 2 aromatic rings. The van der Waals surface area contributed by atoms with E-state index in [9.17, 15) is 19.6 Å². The van der Waals surface area contributed by atoms with E-state index < -0.39 is 18.0 Å². The van der Waals surface area contributed by atoms with E-state index in [1.807, 2.05) is 30.3 Å². The zero-order chi connectivity index (χ0) is 31.8. The van der Waals surface area contributed by atoms with Gasteiger partial charge in [-0.15, -0.1) is 0 Å². The fourth-order valence-electron chi connectivity index (χ4n) is 4.56. The number of carbonyl (C=O) groups excluding carboxylic acids is 3. The van der Waals surface area contributed by atoms with Crippen LogP contribution in [0, 0.1) is 0 Å². The number of ether oxygens (including phenoxy) is 1. The van der Waals surface area contributed by atoms with Crippen LogP contribution in [-0.2, 0) is 14.4 Å². The number of nitrogens with one attached hydrogen (secondary N) is 3. The topological polar surface area (TPSA) is 120 Å². The van der Waals surface area contributed by atoms with Crippen molar-refractivity contribution < 1.29 is 24.3 Å². The van der Waals surface area contributed by atoms with Gasteiger partial charge in [0.1, 0.15) is 5.75 Å². The first-order valence-corrected chi connectivity index (χ1v) is 16.2. The number of benzene rings is 2. The molecule has 0 heterocycles. The van der Waals surface area contributed by atoms with E-state index in [-0.39, 0.29) is 12.5 Å². The number of amides is 3. The molecule has 0 radical (unpaired) electrons. The van der Waals surface area contributed by atoms with Gasteiger partial charge < -0.3 is 20.7 Å². The normalized spacial score (nSPS) is 11.6. The van der Waals surface area contributed by atoms with E-state index in [1.54, 1.807) is 37.3 Å². The standard InChI is InChI=1S/C35H52N4O5/c1-3-5-6-7-8-9-10-11-12-16-27-36-32(40)20-17-28-44-31-24-22-30(23-25-31)37-34(35(42)39(43)4-2)38-33(41)26-21-29-18-14-13-15-19-29/h13-15,18-19,21-26,34,37,43H,3-12,16-17,20,27-28H2,1-2H3,(H,36,40)(H,38,41).